The van der Waals surface area contributed by atoms with Crippen molar-refractivity contribution in [2.75, 3.05) is 6.61 Å². The van der Waals surface area contributed by atoms with Crippen LogP contribution in [0.25, 0.3) is 0 Å². The van der Waals surface area contributed by atoms with E-state index in [2.05, 4.69) is 25.1 Å². The normalized spacial score (nSPS) is 11.0. The second kappa shape index (κ2) is 17.7. The molecular weight excluding hydrogens is 330 g/mol. The van der Waals surface area contributed by atoms with Crippen molar-refractivity contribution in [1.82, 2.24) is 0 Å². The molecule has 150 valence electrons. The molecule has 0 aliphatic carbocycles. The highest BCUT2D eigenvalue weighted by Crippen LogP contribution is 2.13. The predicted octanol–water partition coefficient (Wildman–Crippen LogP) is 7.97. The van der Waals surface area contributed by atoms with Crippen molar-refractivity contribution in [3.63, 3.8) is 0 Å². The summed E-state index contributed by atoms with van der Waals surface area (Å²) in [4.78, 5) is 0. The summed E-state index contributed by atoms with van der Waals surface area (Å²) in [6.07, 6.45) is 23.3. The SMILES string of the molecule is CCCCCCCC/C=C/CCCCCCCCOc1ccc(C#N)cc1. The largest absolute Gasteiger partial charge is 0.494 e. The molecule has 0 amide bonds. The van der Waals surface area contributed by atoms with Crippen molar-refractivity contribution in [2.24, 2.45) is 0 Å². The summed E-state index contributed by atoms with van der Waals surface area (Å²) in [7, 11) is 0. The molecule has 0 saturated heterocycles. The molecule has 0 aliphatic heterocycles. The Bertz CT molecular complexity index is 512. The molecule has 0 saturated carbocycles. The summed E-state index contributed by atoms with van der Waals surface area (Å²) in [6, 6.07) is 9.47. The molecule has 0 heterocycles. The zero-order valence-corrected chi connectivity index (χ0v) is 17.4. The zero-order valence-electron chi connectivity index (χ0n) is 17.4. The number of hydrogen-bond donors (Lipinski definition) is 0. The van der Waals surface area contributed by atoms with E-state index < -0.39 is 0 Å². The summed E-state index contributed by atoms with van der Waals surface area (Å²) >= 11 is 0. The first-order valence-corrected chi connectivity index (χ1v) is 11.1. The van der Waals surface area contributed by atoms with Gasteiger partial charge in [-0.05, 0) is 56.4 Å². The summed E-state index contributed by atoms with van der Waals surface area (Å²) in [5.74, 6) is 0.863. The summed E-state index contributed by atoms with van der Waals surface area (Å²) in [5, 5.41) is 8.77. The van der Waals surface area contributed by atoms with Gasteiger partial charge in [-0.1, -0.05) is 76.9 Å². The van der Waals surface area contributed by atoms with Gasteiger partial charge in [0.2, 0.25) is 0 Å². The van der Waals surface area contributed by atoms with Crippen LogP contribution in [-0.4, -0.2) is 6.61 Å². The summed E-state index contributed by atoms with van der Waals surface area (Å²) in [6.45, 7) is 3.05. The quantitative estimate of drug-likeness (QED) is 0.206. The molecule has 1 aromatic rings. The Morgan fingerprint density at radius 1 is 0.741 bits per heavy atom. The van der Waals surface area contributed by atoms with Gasteiger partial charge in [-0.3, -0.25) is 0 Å². The summed E-state index contributed by atoms with van der Waals surface area (Å²) < 4.78 is 5.71. The highest BCUT2D eigenvalue weighted by molar-refractivity contribution is 5.34. The molecule has 0 radical (unpaired) electrons. The Morgan fingerprint density at radius 3 is 1.81 bits per heavy atom. The van der Waals surface area contributed by atoms with Crippen molar-refractivity contribution >= 4 is 0 Å². The van der Waals surface area contributed by atoms with Gasteiger partial charge >= 0.3 is 0 Å². The number of hydrogen-bond acceptors (Lipinski definition) is 2. The molecule has 2 heteroatoms. The Labute approximate surface area is 167 Å². The fourth-order valence-electron chi connectivity index (χ4n) is 3.17. The molecular formula is C25H39NO. The van der Waals surface area contributed by atoms with E-state index in [1.165, 1.54) is 83.5 Å². The maximum absolute atomic E-state index is 8.77. The van der Waals surface area contributed by atoms with E-state index in [4.69, 9.17) is 10.00 Å². The van der Waals surface area contributed by atoms with Gasteiger partial charge < -0.3 is 4.74 Å². The first-order valence-electron chi connectivity index (χ1n) is 11.1. The third-order valence-electron chi connectivity index (χ3n) is 4.91. The van der Waals surface area contributed by atoms with Crippen LogP contribution in [0.1, 0.15) is 102 Å². The van der Waals surface area contributed by atoms with Gasteiger partial charge in [-0.15, -0.1) is 0 Å². The lowest BCUT2D eigenvalue weighted by Gasteiger charge is -2.06. The number of unbranched alkanes of at least 4 members (excludes halogenated alkanes) is 12. The van der Waals surface area contributed by atoms with Gasteiger partial charge in [-0.2, -0.15) is 5.26 Å². The highest BCUT2D eigenvalue weighted by atomic mass is 16.5. The fourth-order valence-corrected chi connectivity index (χ4v) is 3.17. The van der Waals surface area contributed by atoms with E-state index in [1.807, 2.05) is 12.1 Å². The lowest BCUT2D eigenvalue weighted by molar-refractivity contribution is 0.304. The van der Waals surface area contributed by atoms with Gasteiger partial charge in [0.15, 0.2) is 0 Å². The molecule has 27 heavy (non-hydrogen) atoms. The van der Waals surface area contributed by atoms with Crippen LogP contribution in [0.15, 0.2) is 36.4 Å². The van der Waals surface area contributed by atoms with E-state index >= 15 is 0 Å². The fraction of sp³-hybridized carbons (Fsp3) is 0.640. The minimum Gasteiger partial charge on any atom is -0.494 e. The first kappa shape index (κ1) is 23.3. The monoisotopic (exact) mass is 369 g/mol. The third kappa shape index (κ3) is 14.0. The van der Waals surface area contributed by atoms with Crippen LogP contribution in [0.4, 0.5) is 0 Å². The van der Waals surface area contributed by atoms with E-state index in [-0.39, 0.29) is 0 Å². The number of rotatable bonds is 17. The Hall–Kier alpha value is -1.75. The molecule has 0 N–H and O–H groups in total. The van der Waals surface area contributed by atoms with Crippen LogP contribution in [0.3, 0.4) is 0 Å². The van der Waals surface area contributed by atoms with Crippen molar-refractivity contribution < 1.29 is 4.74 Å². The van der Waals surface area contributed by atoms with Crippen LogP contribution < -0.4 is 4.74 Å². The van der Waals surface area contributed by atoms with Crippen molar-refractivity contribution in [3.8, 4) is 11.8 Å². The van der Waals surface area contributed by atoms with Crippen LogP contribution in [0.2, 0.25) is 0 Å². The average Bonchev–Trinajstić information content (AvgIpc) is 2.70. The minimum absolute atomic E-state index is 0.680. The van der Waals surface area contributed by atoms with Gasteiger partial charge in [0.05, 0.1) is 18.2 Å². The van der Waals surface area contributed by atoms with Crippen LogP contribution >= 0.6 is 0 Å². The van der Waals surface area contributed by atoms with Gasteiger partial charge in [0.25, 0.3) is 0 Å². The zero-order chi connectivity index (χ0) is 19.4. The van der Waals surface area contributed by atoms with Gasteiger partial charge in [0, 0.05) is 0 Å². The minimum atomic E-state index is 0.680. The van der Waals surface area contributed by atoms with Crippen molar-refractivity contribution in [1.29, 1.82) is 5.26 Å². The smallest absolute Gasteiger partial charge is 0.119 e. The van der Waals surface area contributed by atoms with Gasteiger partial charge in [-0.25, -0.2) is 0 Å². The molecule has 0 atom stereocenters. The number of nitrogens with zero attached hydrogens (tertiary/aromatic N) is 1. The molecule has 1 aromatic carbocycles. The number of ether oxygens (including phenoxy) is 1. The second-order valence-corrected chi connectivity index (χ2v) is 7.42. The maximum Gasteiger partial charge on any atom is 0.119 e. The van der Waals surface area contributed by atoms with Crippen molar-refractivity contribution in [2.45, 2.75) is 96.8 Å². The predicted molar refractivity (Wildman–Crippen MR) is 116 cm³/mol. The molecule has 1 rings (SSSR count). The third-order valence-corrected chi connectivity index (χ3v) is 4.91. The molecule has 0 bridgehead atoms. The Morgan fingerprint density at radius 2 is 1.26 bits per heavy atom. The van der Waals surface area contributed by atoms with Crippen LogP contribution in [0, 0.1) is 11.3 Å². The Kier molecular flexibility index (Phi) is 15.2. The standard InChI is InChI=1S/C25H39NO/c1-2-3-4-5-6-7-8-9-10-11-12-13-14-15-16-17-22-27-25-20-18-24(23-26)19-21-25/h9-10,18-21H,2-8,11-17,22H2,1H3/b10-9+. The maximum atomic E-state index is 8.77. The molecule has 0 fully saturated rings. The Balaban J connectivity index is 1.81. The van der Waals surface area contributed by atoms with Crippen molar-refractivity contribution in [3.05, 3.63) is 42.0 Å². The lowest BCUT2D eigenvalue weighted by Crippen LogP contribution is -1.97. The number of allylic oxidation sites excluding steroid dienone is 2. The molecule has 0 aromatic heterocycles. The number of benzene rings is 1. The van der Waals surface area contributed by atoms with E-state index in [9.17, 15) is 0 Å². The molecule has 0 spiro atoms. The lowest BCUT2D eigenvalue weighted by atomic mass is 10.1. The van der Waals surface area contributed by atoms with Crippen LogP contribution in [-0.2, 0) is 0 Å². The molecule has 2 nitrogen and oxygen atoms in total. The van der Waals surface area contributed by atoms with Gasteiger partial charge in [0.1, 0.15) is 5.75 Å². The second-order valence-electron chi connectivity index (χ2n) is 7.42. The molecule has 0 aliphatic rings. The van der Waals surface area contributed by atoms with E-state index in [0.717, 1.165) is 18.8 Å². The summed E-state index contributed by atoms with van der Waals surface area (Å²) in [5.41, 5.74) is 0.680. The van der Waals surface area contributed by atoms with E-state index in [0.29, 0.717) is 5.56 Å². The van der Waals surface area contributed by atoms with E-state index in [1.54, 1.807) is 12.1 Å². The topological polar surface area (TPSA) is 33.0 Å². The first-order chi connectivity index (χ1) is 13.4. The number of nitriles is 1. The van der Waals surface area contributed by atoms with Crippen LogP contribution in [0.5, 0.6) is 5.75 Å². The highest BCUT2D eigenvalue weighted by Gasteiger charge is 1.96. The average molecular weight is 370 g/mol. The molecule has 0 unspecified atom stereocenters.